The minimum absolute atomic E-state index is 0.914. The lowest BCUT2D eigenvalue weighted by molar-refractivity contribution is 1.14. The molecular weight excluding hydrogens is 242 g/mol. The van der Waals surface area contributed by atoms with E-state index in [0.717, 1.165) is 27.2 Å². The van der Waals surface area contributed by atoms with Gasteiger partial charge < -0.3 is 0 Å². The summed E-state index contributed by atoms with van der Waals surface area (Å²) in [5.41, 5.74) is 4.13. The average molecular weight is 253 g/mol. The first-order chi connectivity index (χ1) is 8.86. The Bertz CT molecular complexity index is 697. The lowest BCUT2D eigenvalue weighted by atomic mass is 10.1. The maximum Gasteiger partial charge on any atom is 0.0963 e. The lowest BCUT2D eigenvalue weighted by Crippen LogP contribution is -1.85. The van der Waals surface area contributed by atoms with E-state index in [1.165, 1.54) is 0 Å². The summed E-state index contributed by atoms with van der Waals surface area (Å²) in [4.78, 5) is 12.9. The van der Waals surface area contributed by atoms with E-state index < -0.39 is 0 Å². The lowest BCUT2D eigenvalue weighted by Gasteiger charge is -2.04. The third-order valence-corrected chi connectivity index (χ3v) is 3.39. The largest absolute Gasteiger partial charge is 0.253 e. The molecular formula is C14H11N3S. The summed E-state index contributed by atoms with van der Waals surface area (Å²) in [6, 6.07) is 10.2. The van der Waals surface area contributed by atoms with E-state index >= 15 is 0 Å². The Kier molecular flexibility index (Phi) is 2.94. The molecule has 2 heterocycles. The molecule has 0 fully saturated rings. The van der Waals surface area contributed by atoms with Gasteiger partial charge in [-0.15, -0.1) is 11.8 Å². The van der Waals surface area contributed by atoms with Crippen LogP contribution in [0.4, 0.5) is 0 Å². The topological polar surface area (TPSA) is 38.7 Å². The highest BCUT2D eigenvalue weighted by molar-refractivity contribution is 7.98. The van der Waals surface area contributed by atoms with Crippen LogP contribution in [0.1, 0.15) is 0 Å². The van der Waals surface area contributed by atoms with E-state index in [2.05, 4.69) is 33.2 Å². The van der Waals surface area contributed by atoms with Crippen molar-refractivity contribution in [3.63, 3.8) is 0 Å². The van der Waals surface area contributed by atoms with Crippen molar-refractivity contribution in [1.82, 2.24) is 15.0 Å². The number of pyridine rings is 1. The number of hydrogen-bond donors (Lipinski definition) is 0. The van der Waals surface area contributed by atoms with Gasteiger partial charge in [0.1, 0.15) is 0 Å². The van der Waals surface area contributed by atoms with Gasteiger partial charge in [0.15, 0.2) is 0 Å². The summed E-state index contributed by atoms with van der Waals surface area (Å²) < 4.78 is 0. The Morgan fingerprint density at radius 1 is 0.778 bits per heavy atom. The van der Waals surface area contributed by atoms with Gasteiger partial charge in [-0.2, -0.15) is 0 Å². The fraction of sp³-hybridized carbons (Fsp3) is 0.0714. The molecule has 18 heavy (non-hydrogen) atoms. The number of nitrogens with zero attached hydrogens (tertiary/aromatic N) is 3. The number of aromatic nitrogens is 3. The smallest absolute Gasteiger partial charge is 0.0963 e. The molecule has 3 rings (SSSR count). The van der Waals surface area contributed by atoms with Crippen LogP contribution in [0.5, 0.6) is 0 Å². The maximum absolute atomic E-state index is 4.33. The Morgan fingerprint density at radius 2 is 1.56 bits per heavy atom. The van der Waals surface area contributed by atoms with Gasteiger partial charge in [0.2, 0.25) is 0 Å². The standard InChI is InChI=1S/C14H11N3S/c1-18-14-9-11(4-5-17-14)10-2-3-12-13(8-10)16-7-6-15-12/h2-9H,1H3. The molecule has 0 aliphatic rings. The van der Waals surface area contributed by atoms with E-state index in [-0.39, 0.29) is 0 Å². The highest BCUT2D eigenvalue weighted by atomic mass is 32.2. The molecule has 4 heteroatoms. The van der Waals surface area contributed by atoms with Gasteiger partial charge in [-0.05, 0) is 41.6 Å². The molecule has 2 aromatic heterocycles. The van der Waals surface area contributed by atoms with Crippen molar-refractivity contribution in [2.75, 3.05) is 6.26 Å². The van der Waals surface area contributed by atoms with Gasteiger partial charge in [-0.3, -0.25) is 9.97 Å². The van der Waals surface area contributed by atoms with Gasteiger partial charge in [0, 0.05) is 18.6 Å². The summed E-state index contributed by atoms with van der Waals surface area (Å²) in [5.74, 6) is 0. The number of hydrogen-bond acceptors (Lipinski definition) is 4. The summed E-state index contributed by atoms with van der Waals surface area (Å²) in [6.07, 6.45) is 7.28. The van der Waals surface area contributed by atoms with Crippen LogP contribution in [0.2, 0.25) is 0 Å². The molecule has 88 valence electrons. The van der Waals surface area contributed by atoms with Crippen LogP contribution in [-0.4, -0.2) is 21.2 Å². The van der Waals surface area contributed by atoms with Gasteiger partial charge >= 0.3 is 0 Å². The number of benzene rings is 1. The zero-order valence-corrected chi connectivity index (χ0v) is 10.7. The third-order valence-electron chi connectivity index (χ3n) is 2.75. The molecule has 0 unspecified atom stereocenters. The molecule has 0 saturated carbocycles. The minimum atomic E-state index is 0.914. The maximum atomic E-state index is 4.33. The molecule has 0 spiro atoms. The molecule has 0 aliphatic carbocycles. The zero-order valence-electron chi connectivity index (χ0n) is 9.87. The van der Waals surface area contributed by atoms with E-state index in [0.29, 0.717) is 0 Å². The quantitative estimate of drug-likeness (QED) is 0.656. The van der Waals surface area contributed by atoms with Gasteiger partial charge in [0.05, 0.1) is 16.1 Å². The summed E-state index contributed by atoms with van der Waals surface area (Å²) in [7, 11) is 0. The van der Waals surface area contributed by atoms with Crippen molar-refractivity contribution >= 4 is 22.8 Å². The first kappa shape index (κ1) is 11.2. The SMILES string of the molecule is CSc1cc(-c2ccc3nccnc3c2)ccn1. The fourth-order valence-electron chi connectivity index (χ4n) is 1.84. The molecule has 0 atom stereocenters. The number of rotatable bonds is 2. The van der Waals surface area contributed by atoms with Crippen molar-refractivity contribution < 1.29 is 0 Å². The Morgan fingerprint density at radius 3 is 2.39 bits per heavy atom. The van der Waals surface area contributed by atoms with Crippen molar-refractivity contribution in [1.29, 1.82) is 0 Å². The monoisotopic (exact) mass is 253 g/mol. The first-order valence-corrected chi connectivity index (χ1v) is 6.80. The van der Waals surface area contributed by atoms with Crippen molar-refractivity contribution in [2.24, 2.45) is 0 Å². The van der Waals surface area contributed by atoms with Crippen LogP contribution in [0.15, 0.2) is 53.9 Å². The van der Waals surface area contributed by atoms with Gasteiger partial charge in [-0.25, -0.2) is 4.98 Å². The molecule has 0 N–H and O–H groups in total. The van der Waals surface area contributed by atoms with Crippen LogP contribution in [0.25, 0.3) is 22.2 Å². The first-order valence-electron chi connectivity index (χ1n) is 5.58. The van der Waals surface area contributed by atoms with Crippen molar-refractivity contribution in [3.8, 4) is 11.1 Å². The predicted molar refractivity (Wildman–Crippen MR) is 74.6 cm³/mol. The molecule has 0 aliphatic heterocycles. The van der Waals surface area contributed by atoms with Crippen molar-refractivity contribution in [2.45, 2.75) is 5.03 Å². The third kappa shape index (κ3) is 2.07. The van der Waals surface area contributed by atoms with Crippen LogP contribution >= 0.6 is 11.8 Å². The summed E-state index contributed by atoms with van der Waals surface area (Å²) in [5, 5.41) is 1.02. The van der Waals surface area contributed by atoms with Crippen LogP contribution in [0.3, 0.4) is 0 Å². The normalized spacial score (nSPS) is 10.7. The minimum Gasteiger partial charge on any atom is -0.253 e. The van der Waals surface area contributed by atoms with E-state index in [9.17, 15) is 0 Å². The van der Waals surface area contributed by atoms with Crippen molar-refractivity contribution in [3.05, 3.63) is 48.9 Å². The second kappa shape index (κ2) is 4.74. The molecule has 3 aromatic rings. The Hall–Kier alpha value is -1.94. The van der Waals surface area contributed by atoms with E-state index in [1.807, 2.05) is 24.6 Å². The summed E-state index contributed by atoms with van der Waals surface area (Å²) >= 11 is 1.64. The second-order valence-electron chi connectivity index (χ2n) is 3.85. The fourth-order valence-corrected chi connectivity index (χ4v) is 2.25. The number of fused-ring (bicyclic) bond motifs is 1. The van der Waals surface area contributed by atoms with Gasteiger partial charge in [0.25, 0.3) is 0 Å². The highest BCUT2D eigenvalue weighted by Crippen LogP contribution is 2.24. The second-order valence-corrected chi connectivity index (χ2v) is 4.67. The average Bonchev–Trinajstić information content (AvgIpc) is 2.47. The molecule has 0 amide bonds. The van der Waals surface area contributed by atoms with Gasteiger partial charge in [-0.1, -0.05) is 6.07 Å². The van der Waals surface area contributed by atoms with Crippen LogP contribution in [0, 0.1) is 0 Å². The Labute approximate surface area is 109 Å². The van der Waals surface area contributed by atoms with Crippen LogP contribution < -0.4 is 0 Å². The molecule has 1 aromatic carbocycles. The van der Waals surface area contributed by atoms with Crippen LogP contribution in [-0.2, 0) is 0 Å². The van der Waals surface area contributed by atoms with E-state index in [1.54, 1.807) is 24.2 Å². The highest BCUT2D eigenvalue weighted by Gasteiger charge is 2.02. The summed E-state index contributed by atoms with van der Waals surface area (Å²) in [6.45, 7) is 0. The molecule has 0 radical (unpaired) electrons. The predicted octanol–water partition coefficient (Wildman–Crippen LogP) is 3.41. The number of thioether (sulfide) groups is 1. The Balaban J connectivity index is 2.13. The molecule has 0 saturated heterocycles. The molecule has 0 bridgehead atoms. The molecule has 3 nitrogen and oxygen atoms in total. The zero-order chi connectivity index (χ0) is 12.4. The van der Waals surface area contributed by atoms with E-state index in [4.69, 9.17) is 0 Å².